The first-order valence-electron chi connectivity index (χ1n) is 12.3. The maximum atomic E-state index is 11.7. The van der Waals surface area contributed by atoms with Crippen LogP contribution in [-0.2, 0) is 21.5 Å². The van der Waals surface area contributed by atoms with Crippen molar-refractivity contribution in [1.82, 2.24) is 0 Å². The lowest BCUT2D eigenvalue weighted by Gasteiger charge is -2.18. The zero-order chi connectivity index (χ0) is 27.7. The molecule has 0 fully saturated rings. The van der Waals surface area contributed by atoms with Gasteiger partial charge in [0.05, 0.1) is 27.9 Å². The summed E-state index contributed by atoms with van der Waals surface area (Å²) in [6.07, 6.45) is 4.66. The molecule has 0 amide bonds. The zero-order valence-electron chi connectivity index (χ0n) is 21.0. The van der Waals surface area contributed by atoms with Crippen molar-refractivity contribution in [2.75, 3.05) is 17.2 Å². The Balaban J connectivity index is 1.60. The van der Waals surface area contributed by atoms with Gasteiger partial charge in [0.15, 0.2) is 6.54 Å². The first kappa shape index (κ1) is 27.3. The molecule has 8 nitrogen and oxygen atoms in total. The lowest BCUT2D eigenvalue weighted by atomic mass is 10.1. The minimum atomic E-state index is -4.11. The van der Waals surface area contributed by atoms with Gasteiger partial charge >= 0.3 is 11.9 Å². The molecule has 1 aliphatic heterocycles. The van der Waals surface area contributed by atoms with Gasteiger partial charge in [0.25, 0.3) is 15.6 Å². The van der Waals surface area contributed by atoms with Crippen LogP contribution in [0.1, 0.15) is 25.7 Å². The Hall–Kier alpha value is -3.31. The quantitative estimate of drug-likeness (QED) is 0.178. The number of nitrogens with zero attached hydrogens (tertiary/aromatic N) is 2. The highest BCUT2D eigenvalue weighted by Crippen LogP contribution is 2.47. The standard InChI is InChI=1S/C28H25ClN2O6S2/c1-2-18(15-26-31(17-27(32)33)22-16-20(29)9-11-24(22)38-26)14-25-30(12-5-13-39(34,35)36)28-21-7-4-3-6-19(21)8-10-23(28)37-25/h3-4,6-11,14-16H,2,5,12-13,17H2,1H3,(H-,32,33,34,35,36)/p+1. The van der Waals surface area contributed by atoms with Crippen LogP contribution in [0, 0.1) is 0 Å². The third kappa shape index (κ3) is 5.99. The van der Waals surface area contributed by atoms with Crippen LogP contribution < -0.4 is 9.47 Å². The molecule has 0 radical (unpaired) electrons. The molecule has 0 unspecified atom stereocenters. The van der Waals surface area contributed by atoms with Crippen molar-refractivity contribution in [3.05, 3.63) is 82.2 Å². The molecule has 0 bridgehead atoms. The van der Waals surface area contributed by atoms with Gasteiger partial charge in [-0.3, -0.25) is 9.35 Å². The van der Waals surface area contributed by atoms with E-state index in [9.17, 15) is 22.9 Å². The number of aromatic nitrogens is 1. The number of aryl methyl sites for hydroxylation is 1. The maximum Gasteiger partial charge on any atom is 0.374 e. The number of halogens is 1. The average molecular weight is 586 g/mol. The summed E-state index contributed by atoms with van der Waals surface area (Å²) in [4.78, 5) is 14.3. The molecule has 5 rings (SSSR count). The number of benzene rings is 3. The zero-order valence-corrected chi connectivity index (χ0v) is 23.4. The Kier molecular flexibility index (Phi) is 7.73. The van der Waals surface area contributed by atoms with E-state index in [0.29, 0.717) is 29.5 Å². The average Bonchev–Trinajstić information content (AvgIpc) is 3.40. The van der Waals surface area contributed by atoms with E-state index in [-0.39, 0.29) is 18.7 Å². The highest BCUT2D eigenvalue weighted by Gasteiger charge is 2.28. The van der Waals surface area contributed by atoms with Crippen LogP contribution in [0.5, 0.6) is 0 Å². The number of hydrogen-bond donors (Lipinski definition) is 2. The molecule has 1 aromatic heterocycles. The Morgan fingerprint density at radius 1 is 1.18 bits per heavy atom. The molecule has 0 spiro atoms. The van der Waals surface area contributed by atoms with Crippen molar-refractivity contribution in [1.29, 1.82) is 0 Å². The van der Waals surface area contributed by atoms with E-state index in [1.165, 1.54) is 11.8 Å². The summed E-state index contributed by atoms with van der Waals surface area (Å²) in [7, 11) is -4.11. The smallest absolute Gasteiger partial charge is 0.374 e. The van der Waals surface area contributed by atoms with Crippen LogP contribution >= 0.6 is 23.4 Å². The Morgan fingerprint density at radius 3 is 2.72 bits per heavy atom. The lowest BCUT2D eigenvalue weighted by Crippen LogP contribution is -2.36. The van der Waals surface area contributed by atoms with Gasteiger partial charge in [0.2, 0.25) is 5.58 Å². The predicted octanol–water partition coefficient (Wildman–Crippen LogP) is 6.14. The normalized spacial score (nSPS) is 15.0. The second-order valence-electron chi connectivity index (χ2n) is 9.11. The van der Waals surface area contributed by atoms with Crippen molar-refractivity contribution in [2.24, 2.45) is 0 Å². The summed E-state index contributed by atoms with van der Waals surface area (Å²) in [6, 6.07) is 17.2. The molecule has 202 valence electrons. The number of hydrogen-bond acceptors (Lipinski definition) is 6. The number of rotatable bonds is 9. The van der Waals surface area contributed by atoms with Gasteiger partial charge in [0, 0.05) is 16.3 Å². The van der Waals surface area contributed by atoms with Crippen LogP contribution in [-0.4, -0.2) is 36.3 Å². The van der Waals surface area contributed by atoms with Crippen molar-refractivity contribution < 1.29 is 31.9 Å². The third-order valence-corrected chi connectivity index (χ3v) is 8.56. The van der Waals surface area contributed by atoms with Crippen molar-refractivity contribution in [2.45, 2.75) is 31.2 Å². The molecule has 39 heavy (non-hydrogen) atoms. The number of oxazole rings is 1. The molecule has 4 aromatic rings. The Labute approximate surface area is 234 Å². The van der Waals surface area contributed by atoms with Gasteiger partial charge in [-0.25, -0.2) is 0 Å². The van der Waals surface area contributed by atoms with Gasteiger partial charge in [-0.05, 0) is 53.8 Å². The van der Waals surface area contributed by atoms with E-state index in [2.05, 4.69) is 0 Å². The molecule has 1 aliphatic rings. The summed E-state index contributed by atoms with van der Waals surface area (Å²) in [5, 5.41) is 12.8. The predicted molar refractivity (Wildman–Crippen MR) is 154 cm³/mol. The minimum absolute atomic E-state index is 0.197. The van der Waals surface area contributed by atoms with Crippen LogP contribution in [0.3, 0.4) is 0 Å². The molecular formula is C28H26ClN2O6S2+. The molecular weight excluding hydrogens is 560 g/mol. The molecule has 2 N–H and O–H groups in total. The summed E-state index contributed by atoms with van der Waals surface area (Å²) in [6.45, 7) is 2.09. The summed E-state index contributed by atoms with van der Waals surface area (Å²) >= 11 is 7.67. The first-order chi connectivity index (χ1) is 18.6. The number of carbonyl (C=O) groups is 1. The van der Waals surface area contributed by atoms with Gasteiger partial charge in [-0.2, -0.15) is 13.0 Å². The highest BCUT2D eigenvalue weighted by atomic mass is 35.5. The number of fused-ring (bicyclic) bond motifs is 4. The summed E-state index contributed by atoms with van der Waals surface area (Å²) in [5.74, 6) is -0.802. The van der Waals surface area contributed by atoms with Crippen molar-refractivity contribution in [3.8, 4) is 0 Å². The summed E-state index contributed by atoms with van der Waals surface area (Å²) in [5.41, 5.74) is 3.12. The van der Waals surface area contributed by atoms with Crippen LogP contribution in [0.25, 0.3) is 27.9 Å². The third-order valence-electron chi connectivity index (χ3n) is 6.41. The van der Waals surface area contributed by atoms with Gasteiger partial charge in [0.1, 0.15) is 6.54 Å². The fourth-order valence-corrected chi connectivity index (χ4v) is 6.43. The van der Waals surface area contributed by atoms with E-state index in [4.69, 9.17) is 16.0 Å². The number of carboxylic acids is 1. The molecule has 0 saturated carbocycles. The topological polar surface area (TPSA) is 112 Å². The number of allylic oxidation sites excluding steroid dienone is 2. The van der Waals surface area contributed by atoms with Crippen LogP contribution in [0.15, 0.2) is 80.6 Å². The Bertz CT molecular complexity index is 1760. The Morgan fingerprint density at radius 2 is 1.97 bits per heavy atom. The molecule has 0 saturated heterocycles. The first-order valence-corrected chi connectivity index (χ1v) is 15.1. The minimum Gasteiger partial charge on any atom is -0.480 e. The van der Waals surface area contributed by atoms with E-state index in [1.807, 2.05) is 66.1 Å². The van der Waals surface area contributed by atoms with E-state index < -0.39 is 16.1 Å². The second-order valence-corrected chi connectivity index (χ2v) is 12.2. The largest absolute Gasteiger partial charge is 0.480 e. The molecule has 11 heteroatoms. The lowest BCUT2D eigenvalue weighted by molar-refractivity contribution is -0.677. The molecule has 0 atom stereocenters. The van der Waals surface area contributed by atoms with E-state index in [1.54, 1.807) is 17.0 Å². The molecule has 2 heterocycles. The SMILES string of the molecule is CCC(=Cc1oc2ccc3ccccc3c2[n+]1CCCS(=O)(=O)O)C=C1Sc2ccc(Cl)cc2N1CC(=O)O. The summed E-state index contributed by atoms with van der Waals surface area (Å²) < 4.78 is 40.3. The van der Waals surface area contributed by atoms with E-state index >= 15 is 0 Å². The number of aliphatic carboxylic acids is 1. The van der Waals surface area contributed by atoms with E-state index in [0.717, 1.165) is 37.5 Å². The molecule has 0 aliphatic carbocycles. The maximum absolute atomic E-state index is 11.7. The fourth-order valence-electron chi connectivity index (χ4n) is 4.65. The van der Waals surface area contributed by atoms with Crippen LogP contribution in [0.4, 0.5) is 5.69 Å². The van der Waals surface area contributed by atoms with Gasteiger partial charge < -0.3 is 14.4 Å². The second kappa shape index (κ2) is 11.1. The monoisotopic (exact) mass is 585 g/mol. The molecule has 3 aromatic carbocycles. The van der Waals surface area contributed by atoms with Gasteiger partial charge in [-0.15, -0.1) is 0 Å². The fraction of sp³-hybridized carbons (Fsp3) is 0.214. The highest BCUT2D eigenvalue weighted by molar-refractivity contribution is 8.03. The number of anilines is 1. The van der Waals surface area contributed by atoms with Crippen LogP contribution in [0.2, 0.25) is 5.02 Å². The van der Waals surface area contributed by atoms with Gasteiger partial charge in [-0.1, -0.05) is 54.6 Å². The van der Waals surface area contributed by atoms with Crippen molar-refractivity contribution in [3.63, 3.8) is 0 Å². The number of thioether (sulfide) groups is 1. The number of carboxylic acid groups (broad SMARTS) is 1. The van der Waals surface area contributed by atoms with Crippen molar-refractivity contribution >= 4 is 73.1 Å².